The molecule has 0 aliphatic heterocycles. The minimum absolute atomic E-state index is 0.0232. The van der Waals surface area contributed by atoms with Gasteiger partial charge in [0, 0.05) is 0 Å². The number of nitrogens with zero attached hydrogens (tertiary/aromatic N) is 3. The molecule has 0 fully saturated rings. The van der Waals surface area contributed by atoms with Crippen molar-refractivity contribution in [3.63, 3.8) is 0 Å². The number of carbonyl (C=O) groups excluding carboxylic acids is 2. The Labute approximate surface area is 121 Å². The number of hydrogen-bond acceptors (Lipinski definition) is 6. The molecular formula is C14H15N3O4. The second-order valence-corrected chi connectivity index (χ2v) is 4.41. The predicted molar refractivity (Wildman–Crippen MR) is 73.0 cm³/mol. The molecule has 2 aromatic rings. The smallest absolute Gasteiger partial charge is 0.361 e. The number of aryl methyl sites for hydroxylation is 1. The SMILES string of the molecule is COC(=O)c1nnn(Cc2ccc(C)cc2)c1C(=O)OC. The fraction of sp³-hybridized carbons (Fsp3) is 0.286. The highest BCUT2D eigenvalue weighted by Gasteiger charge is 2.26. The van der Waals surface area contributed by atoms with E-state index in [2.05, 4.69) is 19.8 Å². The summed E-state index contributed by atoms with van der Waals surface area (Å²) in [5, 5.41) is 7.54. The Morgan fingerprint density at radius 2 is 1.71 bits per heavy atom. The molecule has 7 heteroatoms. The van der Waals surface area contributed by atoms with Crippen molar-refractivity contribution in [2.75, 3.05) is 14.2 Å². The average Bonchev–Trinajstić information content (AvgIpc) is 2.91. The molecule has 21 heavy (non-hydrogen) atoms. The molecule has 0 spiro atoms. The standard InChI is InChI=1S/C14H15N3O4/c1-9-4-6-10(7-5-9)8-17-12(14(19)21-3)11(15-16-17)13(18)20-2/h4-7H,8H2,1-3H3. The largest absolute Gasteiger partial charge is 0.464 e. The summed E-state index contributed by atoms with van der Waals surface area (Å²) in [5.41, 5.74) is 1.87. The van der Waals surface area contributed by atoms with Crippen LogP contribution in [0.1, 0.15) is 32.1 Å². The van der Waals surface area contributed by atoms with E-state index in [9.17, 15) is 9.59 Å². The first-order chi connectivity index (χ1) is 10.1. The van der Waals surface area contributed by atoms with Crippen LogP contribution in [0.3, 0.4) is 0 Å². The number of benzene rings is 1. The van der Waals surface area contributed by atoms with Gasteiger partial charge in [-0.25, -0.2) is 14.3 Å². The van der Waals surface area contributed by atoms with E-state index < -0.39 is 11.9 Å². The minimum atomic E-state index is -0.731. The number of ether oxygens (including phenoxy) is 2. The van der Waals surface area contributed by atoms with Gasteiger partial charge in [0.2, 0.25) is 5.69 Å². The third-order valence-electron chi connectivity index (χ3n) is 2.95. The second kappa shape index (κ2) is 6.17. The van der Waals surface area contributed by atoms with Crippen molar-refractivity contribution in [2.45, 2.75) is 13.5 Å². The number of aromatic nitrogens is 3. The normalized spacial score (nSPS) is 10.2. The van der Waals surface area contributed by atoms with E-state index in [1.807, 2.05) is 31.2 Å². The van der Waals surface area contributed by atoms with E-state index in [-0.39, 0.29) is 11.4 Å². The van der Waals surface area contributed by atoms with Gasteiger partial charge in [0.05, 0.1) is 20.8 Å². The number of methoxy groups -OCH3 is 2. The molecular weight excluding hydrogens is 274 g/mol. The Hall–Kier alpha value is -2.70. The molecule has 1 aromatic heterocycles. The molecule has 0 aliphatic rings. The molecule has 0 N–H and O–H groups in total. The molecule has 110 valence electrons. The fourth-order valence-corrected chi connectivity index (χ4v) is 1.82. The van der Waals surface area contributed by atoms with Gasteiger partial charge in [-0.05, 0) is 12.5 Å². The van der Waals surface area contributed by atoms with E-state index in [4.69, 9.17) is 0 Å². The first kappa shape index (κ1) is 14.7. The molecule has 0 saturated heterocycles. The number of rotatable bonds is 4. The zero-order chi connectivity index (χ0) is 15.4. The van der Waals surface area contributed by atoms with Crippen LogP contribution >= 0.6 is 0 Å². The van der Waals surface area contributed by atoms with E-state index in [1.165, 1.54) is 18.9 Å². The van der Waals surface area contributed by atoms with E-state index in [0.717, 1.165) is 11.1 Å². The summed E-state index contributed by atoms with van der Waals surface area (Å²) in [7, 11) is 2.44. The molecule has 0 amide bonds. The fourth-order valence-electron chi connectivity index (χ4n) is 1.82. The highest BCUT2D eigenvalue weighted by Crippen LogP contribution is 2.12. The van der Waals surface area contributed by atoms with Crippen molar-refractivity contribution < 1.29 is 19.1 Å². The lowest BCUT2D eigenvalue weighted by Gasteiger charge is -2.06. The van der Waals surface area contributed by atoms with Gasteiger partial charge in [-0.15, -0.1) is 5.10 Å². The Kier molecular flexibility index (Phi) is 4.32. The number of hydrogen-bond donors (Lipinski definition) is 0. The van der Waals surface area contributed by atoms with Crippen LogP contribution in [0.15, 0.2) is 24.3 Å². The number of carbonyl (C=O) groups is 2. The lowest BCUT2D eigenvalue weighted by molar-refractivity contribution is 0.0544. The molecule has 1 aromatic carbocycles. The van der Waals surface area contributed by atoms with Crippen molar-refractivity contribution in [3.8, 4) is 0 Å². The lowest BCUT2D eigenvalue weighted by atomic mass is 10.1. The summed E-state index contributed by atoms with van der Waals surface area (Å²) in [4.78, 5) is 23.5. The Bertz CT molecular complexity index is 661. The van der Waals surface area contributed by atoms with Crippen molar-refractivity contribution in [2.24, 2.45) is 0 Å². The molecule has 2 rings (SSSR count). The van der Waals surface area contributed by atoms with Gasteiger partial charge < -0.3 is 9.47 Å². The van der Waals surface area contributed by atoms with E-state index in [1.54, 1.807) is 0 Å². The first-order valence-electron chi connectivity index (χ1n) is 6.22. The molecule has 0 atom stereocenters. The maximum absolute atomic E-state index is 11.9. The van der Waals surface area contributed by atoms with Gasteiger partial charge in [-0.1, -0.05) is 35.0 Å². The molecule has 0 radical (unpaired) electrons. The quantitative estimate of drug-likeness (QED) is 0.787. The predicted octanol–water partition coefficient (Wildman–Crippen LogP) is 1.21. The molecule has 7 nitrogen and oxygen atoms in total. The van der Waals surface area contributed by atoms with Crippen molar-refractivity contribution in [1.82, 2.24) is 15.0 Å². The molecule has 0 unspecified atom stereocenters. The van der Waals surface area contributed by atoms with Crippen LogP contribution in [0.4, 0.5) is 0 Å². The Morgan fingerprint density at radius 1 is 1.10 bits per heavy atom. The minimum Gasteiger partial charge on any atom is -0.464 e. The van der Waals surface area contributed by atoms with Crippen LogP contribution in [0, 0.1) is 6.92 Å². The van der Waals surface area contributed by atoms with Crippen LogP contribution in [0.25, 0.3) is 0 Å². The van der Waals surface area contributed by atoms with Gasteiger partial charge in [-0.2, -0.15) is 0 Å². The first-order valence-corrected chi connectivity index (χ1v) is 6.22. The molecule has 0 aliphatic carbocycles. The third kappa shape index (κ3) is 3.07. The van der Waals surface area contributed by atoms with Gasteiger partial charge in [0.25, 0.3) is 0 Å². The van der Waals surface area contributed by atoms with Gasteiger partial charge in [-0.3, -0.25) is 0 Å². The zero-order valence-electron chi connectivity index (χ0n) is 12.0. The van der Waals surface area contributed by atoms with Gasteiger partial charge in [0.1, 0.15) is 0 Å². The Balaban J connectivity index is 2.39. The van der Waals surface area contributed by atoms with Crippen molar-refractivity contribution >= 4 is 11.9 Å². The summed E-state index contributed by atoms with van der Waals surface area (Å²) in [6, 6.07) is 7.72. The van der Waals surface area contributed by atoms with Crippen LogP contribution < -0.4 is 0 Å². The summed E-state index contributed by atoms with van der Waals surface area (Å²) in [6.45, 7) is 2.28. The highest BCUT2D eigenvalue weighted by atomic mass is 16.5. The Morgan fingerprint density at radius 3 is 2.29 bits per heavy atom. The average molecular weight is 289 g/mol. The molecule has 0 bridgehead atoms. The maximum Gasteiger partial charge on any atom is 0.361 e. The highest BCUT2D eigenvalue weighted by molar-refractivity contribution is 6.00. The summed E-state index contributed by atoms with van der Waals surface area (Å²) in [6.07, 6.45) is 0. The zero-order valence-corrected chi connectivity index (χ0v) is 12.0. The van der Waals surface area contributed by atoms with Gasteiger partial charge in [0.15, 0.2) is 5.69 Å². The van der Waals surface area contributed by atoms with E-state index >= 15 is 0 Å². The summed E-state index contributed by atoms with van der Waals surface area (Å²) < 4.78 is 10.6. The van der Waals surface area contributed by atoms with Crippen molar-refractivity contribution in [1.29, 1.82) is 0 Å². The van der Waals surface area contributed by atoms with Crippen LogP contribution in [0.2, 0.25) is 0 Å². The monoisotopic (exact) mass is 289 g/mol. The topological polar surface area (TPSA) is 83.3 Å². The van der Waals surface area contributed by atoms with Gasteiger partial charge >= 0.3 is 11.9 Å². The lowest BCUT2D eigenvalue weighted by Crippen LogP contribution is -2.17. The van der Waals surface area contributed by atoms with Crippen LogP contribution in [-0.2, 0) is 16.0 Å². The summed E-state index contributed by atoms with van der Waals surface area (Å²) >= 11 is 0. The van der Waals surface area contributed by atoms with Crippen molar-refractivity contribution in [3.05, 3.63) is 46.8 Å². The molecule has 1 heterocycles. The van der Waals surface area contributed by atoms with Crippen LogP contribution in [0.5, 0.6) is 0 Å². The third-order valence-corrected chi connectivity index (χ3v) is 2.95. The van der Waals surface area contributed by atoms with E-state index in [0.29, 0.717) is 6.54 Å². The molecule has 0 saturated carbocycles. The maximum atomic E-state index is 11.9. The second-order valence-electron chi connectivity index (χ2n) is 4.41. The summed E-state index contributed by atoms with van der Waals surface area (Å²) in [5.74, 6) is -1.42. The number of esters is 2. The van der Waals surface area contributed by atoms with Crippen LogP contribution in [-0.4, -0.2) is 41.2 Å².